The maximum absolute atomic E-state index is 12.0. The van der Waals surface area contributed by atoms with E-state index in [0.717, 1.165) is 12.8 Å². The first-order valence-electron chi connectivity index (χ1n) is 7.84. The van der Waals surface area contributed by atoms with Gasteiger partial charge in [-0.15, -0.1) is 0 Å². The highest BCUT2D eigenvalue weighted by Crippen LogP contribution is 2.29. The summed E-state index contributed by atoms with van der Waals surface area (Å²) in [6.07, 6.45) is 2.23. The Labute approximate surface area is 142 Å². The molecule has 3 N–H and O–H groups in total. The molecule has 23 heavy (non-hydrogen) atoms. The Morgan fingerprint density at radius 3 is 2.43 bits per heavy atom. The van der Waals surface area contributed by atoms with Crippen molar-refractivity contribution in [3.8, 4) is 0 Å². The summed E-state index contributed by atoms with van der Waals surface area (Å²) in [7, 11) is 0. The second-order valence-corrected chi connectivity index (χ2v) is 6.14. The number of amides is 2. The molecule has 0 aromatic heterocycles. The fourth-order valence-electron chi connectivity index (χ4n) is 2.45. The molecule has 1 rings (SSSR count). The number of carbonyl (C=O) groups is 2. The van der Waals surface area contributed by atoms with Gasteiger partial charge in [0.2, 0.25) is 0 Å². The monoisotopic (exact) mass is 340 g/mol. The van der Waals surface area contributed by atoms with Gasteiger partial charge in [-0.3, -0.25) is 9.59 Å². The fourth-order valence-corrected chi connectivity index (χ4v) is 2.62. The van der Waals surface area contributed by atoms with Gasteiger partial charge in [0.15, 0.2) is 0 Å². The van der Waals surface area contributed by atoms with Crippen molar-refractivity contribution in [2.24, 2.45) is 5.41 Å². The number of aliphatic hydroxyl groups excluding tert-OH is 1. The van der Waals surface area contributed by atoms with Crippen molar-refractivity contribution in [3.63, 3.8) is 0 Å². The Bertz CT molecular complexity index is 557. The van der Waals surface area contributed by atoms with Crippen LogP contribution in [0.3, 0.4) is 0 Å². The quantitative estimate of drug-likeness (QED) is 0.668. The number of aliphatic hydroxyl groups is 1. The van der Waals surface area contributed by atoms with Crippen LogP contribution in [0.15, 0.2) is 18.2 Å². The van der Waals surface area contributed by atoms with Crippen molar-refractivity contribution in [1.82, 2.24) is 5.32 Å². The summed E-state index contributed by atoms with van der Waals surface area (Å²) in [5.41, 5.74) is 1.05. The highest BCUT2D eigenvalue weighted by atomic mass is 35.5. The molecule has 6 heteroatoms. The summed E-state index contributed by atoms with van der Waals surface area (Å²) in [5.74, 6) is -1.41. The van der Waals surface area contributed by atoms with Gasteiger partial charge in [-0.25, -0.2) is 0 Å². The standard InChI is InChI=1S/C17H25ClN2O3/c1-4-17(5-2,9-10-21)11-19-15(22)16(23)20-14-8-6-7-13(18)12(14)3/h6-8,21H,4-5,9-11H2,1-3H3,(H,19,22)(H,20,23). The van der Waals surface area contributed by atoms with Gasteiger partial charge in [0.05, 0.1) is 0 Å². The Kier molecular flexibility index (Phi) is 7.52. The first-order valence-corrected chi connectivity index (χ1v) is 8.22. The van der Waals surface area contributed by atoms with E-state index in [4.69, 9.17) is 11.6 Å². The van der Waals surface area contributed by atoms with Gasteiger partial charge in [-0.2, -0.15) is 0 Å². The van der Waals surface area contributed by atoms with Crippen molar-refractivity contribution in [3.05, 3.63) is 28.8 Å². The highest BCUT2D eigenvalue weighted by Gasteiger charge is 2.27. The van der Waals surface area contributed by atoms with E-state index >= 15 is 0 Å². The zero-order valence-corrected chi connectivity index (χ0v) is 14.7. The minimum absolute atomic E-state index is 0.0610. The molecular formula is C17H25ClN2O3. The van der Waals surface area contributed by atoms with Gasteiger partial charge < -0.3 is 15.7 Å². The van der Waals surface area contributed by atoms with E-state index in [2.05, 4.69) is 10.6 Å². The van der Waals surface area contributed by atoms with Gasteiger partial charge in [-0.05, 0) is 49.3 Å². The molecule has 5 nitrogen and oxygen atoms in total. The summed E-state index contributed by atoms with van der Waals surface area (Å²) in [6, 6.07) is 5.13. The molecule has 0 spiro atoms. The maximum atomic E-state index is 12.0. The van der Waals surface area contributed by atoms with E-state index in [1.54, 1.807) is 25.1 Å². The molecule has 0 heterocycles. The van der Waals surface area contributed by atoms with Crippen molar-refractivity contribution in [2.45, 2.75) is 40.0 Å². The fraction of sp³-hybridized carbons (Fsp3) is 0.529. The predicted molar refractivity (Wildman–Crippen MR) is 92.5 cm³/mol. The van der Waals surface area contributed by atoms with Crippen LogP contribution in [0.1, 0.15) is 38.7 Å². The molecule has 0 aliphatic carbocycles. The second kappa shape index (κ2) is 8.89. The van der Waals surface area contributed by atoms with Crippen LogP contribution in [0.2, 0.25) is 5.02 Å². The van der Waals surface area contributed by atoms with E-state index in [9.17, 15) is 14.7 Å². The zero-order valence-electron chi connectivity index (χ0n) is 13.9. The number of rotatable bonds is 7. The number of nitrogens with one attached hydrogen (secondary N) is 2. The van der Waals surface area contributed by atoms with Crippen LogP contribution in [0.4, 0.5) is 5.69 Å². The molecule has 0 aliphatic rings. The van der Waals surface area contributed by atoms with Crippen LogP contribution < -0.4 is 10.6 Å². The molecule has 0 unspecified atom stereocenters. The largest absolute Gasteiger partial charge is 0.396 e. The number of hydrogen-bond donors (Lipinski definition) is 3. The Balaban J connectivity index is 2.67. The Morgan fingerprint density at radius 1 is 1.22 bits per heavy atom. The zero-order chi connectivity index (χ0) is 17.5. The number of anilines is 1. The van der Waals surface area contributed by atoms with Gasteiger partial charge >= 0.3 is 11.8 Å². The third kappa shape index (κ3) is 5.22. The minimum Gasteiger partial charge on any atom is -0.396 e. The summed E-state index contributed by atoms with van der Waals surface area (Å²) >= 11 is 5.99. The van der Waals surface area contributed by atoms with Gasteiger partial charge in [0.1, 0.15) is 0 Å². The van der Waals surface area contributed by atoms with Crippen molar-refractivity contribution < 1.29 is 14.7 Å². The van der Waals surface area contributed by atoms with Crippen molar-refractivity contribution in [2.75, 3.05) is 18.5 Å². The first kappa shape index (κ1) is 19.5. The molecule has 1 aromatic rings. The van der Waals surface area contributed by atoms with E-state index in [-0.39, 0.29) is 12.0 Å². The third-order valence-electron chi connectivity index (χ3n) is 4.49. The van der Waals surface area contributed by atoms with Crippen LogP contribution >= 0.6 is 11.6 Å². The van der Waals surface area contributed by atoms with E-state index < -0.39 is 11.8 Å². The normalized spacial score (nSPS) is 11.2. The van der Waals surface area contributed by atoms with Gasteiger partial charge in [0, 0.05) is 23.9 Å². The summed E-state index contributed by atoms with van der Waals surface area (Å²) in [6.45, 7) is 6.23. The van der Waals surface area contributed by atoms with E-state index in [0.29, 0.717) is 29.2 Å². The number of benzene rings is 1. The van der Waals surface area contributed by atoms with Gasteiger partial charge in [-0.1, -0.05) is 31.5 Å². The minimum atomic E-state index is -0.722. The summed E-state index contributed by atoms with van der Waals surface area (Å²) in [4.78, 5) is 24.0. The Morgan fingerprint density at radius 2 is 1.87 bits per heavy atom. The highest BCUT2D eigenvalue weighted by molar-refractivity contribution is 6.40. The number of carbonyl (C=O) groups excluding carboxylic acids is 2. The molecule has 0 radical (unpaired) electrons. The molecule has 0 saturated heterocycles. The van der Waals surface area contributed by atoms with Crippen LogP contribution in [-0.2, 0) is 9.59 Å². The molecule has 2 amide bonds. The maximum Gasteiger partial charge on any atom is 0.313 e. The van der Waals surface area contributed by atoms with E-state index in [1.165, 1.54) is 0 Å². The Hall–Kier alpha value is -1.59. The molecule has 0 saturated carbocycles. The van der Waals surface area contributed by atoms with Crippen LogP contribution in [0, 0.1) is 12.3 Å². The van der Waals surface area contributed by atoms with Crippen LogP contribution in [0.5, 0.6) is 0 Å². The molecule has 128 valence electrons. The van der Waals surface area contributed by atoms with Crippen molar-refractivity contribution >= 4 is 29.1 Å². The first-order chi connectivity index (χ1) is 10.9. The lowest BCUT2D eigenvalue weighted by Gasteiger charge is -2.31. The average molecular weight is 341 g/mol. The lowest BCUT2D eigenvalue weighted by molar-refractivity contribution is -0.136. The molecule has 0 fully saturated rings. The lowest BCUT2D eigenvalue weighted by Crippen LogP contribution is -2.42. The smallest absolute Gasteiger partial charge is 0.313 e. The van der Waals surface area contributed by atoms with Crippen LogP contribution in [-0.4, -0.2) is 30.1 Å². The van der Waals surface area contributed by atoms with Crippen molar-refractivity contribution in [1.29, 1.82) is 0 Å². The predicted octanol–water partition coefficient (Wildman–Crippen LogP) is 2.89. The second-order valence-electron chi connectivity index (χ2n) is 5.73. The summed E-state index contributed by atoms with van der Waals surface area (Å²) < 4.78 is 0. The number of hydrogen-bond acceptors (Lipinski definition) is 3. The molecule has 0 atom stereocenters. The summed E-state index contributed by atoms with van der Waals surface area (Å²) in [5, 5.41) is 15.0. The SMILES string of the molecule is CCC(CC)(CCO)CNC(=O)C(=O)Nc1cccc(Cl)c1C. The average Bonchev–Trinajstić information content (AvgIpc) is 2.55. The molecule has 0 bridgehead atoms. The van der Waals surface area contributed by atoms with Crippen LogP contribution in [0.25, 0.3) is 0 Å². The van der Waals surface area contributed by atoms with E-state index in [1.807, 2.05) is 13.8 Å². The van der Waals surface area contributed by atoms with Gasteiger partial charge in [0.25, 0.3) is 0 Å². The lowest BCUT2D eigenvalue weighted by atomic mass is 9.79. The molecular weight excluding hydrogens is 316 g/mol. The third-order valence-corrected chi connectivity index (χ3v) is 4.90. The number of halogens is 1. The molecule has 0 aliphatic heterocycles. The molecule has 1 aromatic carbocycles. The topological polar surface area (TPSA) is 78.4 Å².